The molecule has 112 valence electrons. The molecule has 0 N–H and O–H groups in total. The van der Waals surface area contributed by atoms with E-state index < -0.39 is 0 Å². The third kappa shape index (κ3) is 2.76. The highest BCUT2D eigenvalue weighted by Gasteiger charge is 2.33. The van der Waals surface area contributed by atoms with Crippen LogP contribution in [0.4, 0.5) is 4.79 Å². The Bertz CT molecular complexity index is 782. The molecule has 22 heavy (non-hydrogen) atoms. The molecule has 1 aliphatic rings. The summed E-state index contributed by atoms with van der Waals surface area (Å²) in [5, 5.41) is -0.209. The van der Waals surface area contributed by atoms with Crippen molar-refractivity contribution in [3.05, 3.63) is 57.7 Å². The predicted molar refractivity (Wildman–Crippen MR) is 91.8 cm³/mol. The summed E-state index contributed by atoms with van der Waals surface area (Å²) < 4.78 is 2.96. The second-order valence-corrected chi connectivity index (χ2v) is 6.62. The zero-order chi connectivity index (χ0) is 15.7. The van der Waals surface area contributed by atoms with Crippen molar-refractivity contribution in [2.45, 2.75) is 6.92 Å². The van der Waals surface area contributed by atoms with Crippen molar-refractivity contribution in [3.63, 3.8) is 0 Å². The summed E-state index contributed by atoms with van der Waals surface area (Å²) in [6, 6.07) is 11.7. The number of benzene rings is 1. The van der Waals surface area contributed by atoms with Crippen molar-refractivity contribution in [3.8, 4) is 5.69 Å². The molecule has 3 rings (SSSR count). The van der Waals surface area contributed by atoms with Gasteiger partial charge in [-0.2, -0.15) is 0 Å². The molecule has 2 aromatic rings. The maximum atomic E-state index is 12.2. The molecule has 0 aliphatic carbocycles. The van der Waals surface area contributed by atoms with Gasteiger partial charge in [-0.3, -0.25) is 14.5 Å². The van der Waals surface area contributed by atoms with Crippen molar-refractivity contribution in [2.24, 2.45) is 0 Å². The Morgan fingerprint density at radius 3 is 2.73 bits per heavy atom. The zero-order valence-electron chi connectivity index (χ0n) is 11.8. The maximum absolute atomic E-state index is 12.2. The van der Waals surface area contributed by atoms with E-state index in [1.54, 1.807) is 13.0 Å². The van der Waals surface area contributed by atoms with E-state index in [4.69, 9.17) is 0 Å². The second-order valence-electron chi connectivity index (χ2n) is 4.71. The Kier molecular flexibility index (Phi) is 4.22. The van der Waals surface area contributed by atoms with Crippen molar-refractivity contribution >= 4 is 44.9 Å². The third-order valence-electron chi connectivity index (χ3n) is 3.34. The minimum Gasteiger partial charge on any atom is -0.317 e. The van der Waals surface area contributed by atoms with Gasteiger partial charge in [0.15, 0.2) is 0 Å². The van der Waals surface area contributed by atoms with Crippen LogP contribution >= 0.6 is 27.7 Å². The largest absolute Gasteiger partial charge is 0.317 e. The Balaban J connectivity index is 1.98. The van der Waals surface area contributed by atoms with Crippen LogP contribution in [0.5, 0.6) is 0 Å². The maximum Gasteiger partial charge on any atom is 0.293 e. The number of thioether (sulfide) groups is 1. The van der Waals surface area contributed by atoms with E-state index in [-0.39, 0.29) is 11.1 Å². The van der Waals surface area contributed by atoms with E-state index in [9.17, 15) is 9.59 Å². The summed E-state index contributed by atoms with van der Waals surface area (Å²) in [5.74, 6) is -0.223. The molecule has 4 nitrogen and oxygen atoms in total. The van der Waals surface area contributed by atoms with Crippen LogP contribution in [0.3, 0.4) is 0 Å². The lowest BCUT2D eigenvalue weighted by Crippen LogP contribution is -2.27. The molecule has 1 aliphatic heterocycles. The number of aromatic nitrogens is 1. The van der Waals surface area contributed by atoms with Crippen LogP contribution in [-0.4, -0.2) is 27.2 Å². The molecular formula is C16H13BrN2O2S. The standard InChI is InChI=1S/C16H13BrN2O2S/c1-2-18-15(20)14(22-16(18)21)10-13-7-4-8-19(13)12-6-3-5-11(17)9-12/h3-10H,2H2,1H3/b14-10-. The average Bonchev–Trinajstić information content (AvgIpc) is 3.05. The van der Waals surface area contributed by atoms with Gasteiger partial charge in [0.1, 0.15) is 0 Å². The van der Waals surface area contributed by atoms with Crippen LogP contribution in [0.2, 0.25) is 0 Å². The topological polar surface area (TPSA) is 42.3 Å². The Labute approximate surface area is 140 Å². The number of imide groups is 1. The Morgan fingerprint density at radius 1 is 1.23 bits per heavy atom. The minimum absolute atomic E-state index is 0.209. The molecule has 0 bridgehead atoms. The Hall–Kier alpha value is -1.79. The van der Waals surface area contributed by atoms with Crippen molar-refractivity contribution in [1.29, 1.82) is 0 Å². The van der Waals surface area contributed by atoms with Gasteiger partial charge in [0.2, 0.25) is 0 Å². The van der Waals surface area contributed by atoms with Crippen LogP contribution in [0, 0.1) is 0 Å². The number of hydrogen-bond acceptors (Lipinski definition) is 3. The fourth-order valence-corrected chi connectivity index (χ4v) is 3.55. The fourth-order valence-electron chi connectivity index (χ4n) is 2.28. The molecule has 0 radical (unpaired) electrons. The van der Waals surface area contributed by atoms with E-state index in [0.29, 0.717) is 11.4 Å². The lowest BCUT2D eigenvalue weighted by Gasteiger charge is -2.08. The van der Waals surface area contributed by atoms with Crippen LogP contribution in [0.1, 0.15) is 12.6 Å². The fraction of sp³-hybridized carbons (Fsp3) is 0.125. The molecule has 1 fully saturated rings. The first-order valence-electron chi connectivity index (χ1n) is 6.79. The summed E-state index contributed by atoms with van der Waals surface area (Å²) in [6.45, 7) is 2.19. The van der Waals surface area contributed by atoms with Gasteiger partial charge in [-0.25, -0.2) is 0 Å². The number of rotatable bonds is 3. The first-order chi connectivity index (χ1) is 10.6. The molecule has 0 saturated carbocycles. The van der Waals surface area contributed by atoms with E-state index in [1.807, 2.05) is 47.2 Å². The van der Waals surface area contributed by atoms with Gasteiger partial charge >= 0.3 is 0 Å². The highest BCUT2D eigenvalue weighted by molar-refractivity contribution is 9.10. The van der Waals surface area contributed by atoms with Crippen molar-refractivity contribution in [1.82, 2.24) is 9.47 Å². The average molecular weight is 377 g/mol. The number of likely N-dealkylation sites (N-methyl/N-ethyl adjacent to an activating group) is 1. The van der Waals surface area contributed by atoms with Crippen molar-refractivity contribution < 1.29 is 9.59 Å². The lowest BCUT2D eigenvalue weighted by atomic mass is 10.3. The SMILES string of the molecule is CCN1C(=O)S/C(=C\c2cccn2-c2cccc(Br)c2)C1=O. The number of carbonyl (C=O) groups excluding carboxylic acids is 2. The number of carbonyl (C=O) groups is 2. The minimum atomic E-state index is -0.223. The first kappa shape index (κ1) is 15.1. The van der Waals surface area contributed by atoms with Gasteiger partial charge < -0.3 is 4.57 Å². The highest BCUT2D eigenvalue weighted by atomic mass is 79.9. The lowest BCUT2D eigenvalue weighted by molar-refractivity contribution is -0.122. The van der Waals surface area contributed by atoms with Crippen LogP contribution in [0.25, 0.3) is 11.8 Å². The molecule has 1 aromatic heterocycles. The highest BCUT2D eigenvalue weighted by Crippen LogP contribution is 2.32. The zero-order valence-corrected chi connectivity index (χ0v) is 14.2. The van der Waals surface area contributed by atoms with Gasteiger partial charge in [0.25, 0.3) is 11.1 Å². The van der Waals surface area contributed by atoms with Crippen LogP contribution < -0.4 is 0 Å². The molecule has 2 amide bonds. The quantitative estimate of drug-likeness (QED) is 0.750. The number of amides is 2. The van der Waals surface area contributed by atoms with Crippen LogP contribution in [-0.2, 0) is 4.79 Å². The number of halogens is 1. The van der Waals surface area contributed by atoms with Gasteiger partial charge in [-0.05, 0) is 55.1 Å². The van der Waals surface area contributed by atoms with E-state index in [1.165, 1.54) is 4.90 Å². The summed E-state index contributed by atoms with van der Waals surface area (Å²) in [5.41, 5.74) is 1.85. The second kappa shape index (κ2) is 6.14. The molecule has 1 aromatic carbocycles. The molecule has 2 heterocycles. The first-order valence-corrected chi connectivity index (χ1v) is 8.39. The molecule has 1 saturated heterocycles. The third-order valence-corrected chi connectivity index (χ3v) is 4.74. The van der Waals surface area contributed by atoms with Crippen molar-refractivity contribution in [2.75, 3.05) is 6.54 Å². The smallest absolute Gasteiger partial charge is 0.293 e. The van der Waals surface area contributed by atoms with E-state index in [0.717, 1.165) is 27.6 Å². The normalized spacial score (nSPS) is 16.8. The summed E-state index contributed by atoms with van der Waals surface area (Å²) >= 11 is 4.44. The Morgan fingerprint density at radius 2 is 2.05 bits per heavy atom. The monoisotopic (exact) mass is 376 g/mol. The predicted octanol–water partition coefficient (Wildman–Crippen LogP) is 4.30. The molecule has 6 heteroatoms. The van der Waals surface area contributed by atoms with E-state index >= 15 is 0 Å². The molecule has 0 atom stereocenters. The van der Waals surface area contributed by atoms with Gasteiger partial charge in [0, 0.05) is 28.6 Å². The number of hydrogen-bond donors (Lipinski definition) is 0. The summed E-state index contributed by atoms with van der Waals surface area (Å²) in [6.07, 6.45) is 3.69. The van der Waals surface area contributed by atoms with Gasteiger partial charge in [-0.15, -0.1) is 0 Å². The molecular weight excluding hydrogens is 364 g/mol. The summed E-state index contributed by atoms with van der Waals surface area (Å²) in [7, 11) is 0. The van der Waals surface area contributed by atoms with Gasteiger partial charge in [0.05, 0.1) is 4.91 Å². The van der Waals surface area contributed by atoms with Crippen LogP contribution in [0.15, 0.2) is 52.0 Å². The van der Waals surface area contributed by atoms with Gasteiger partial charge in [-0.1, -0.05) is 22.0 Å². The molecule has 0 spiro atoms. The number of nitrogens with zero attached hydrogens (tertiary/aromatic N) is 2. The molecule has 0 unspecified atom stereocenters. The summed E-state index contributed by atoms with van der Waals surface area (Å²) in [4.78, 5) is 25.7. The van der Waals surface area contributed by atoms with E-state index in [2.05, 4.69) is 15.9 Å².